The van der Waals surface area contributed by atoms with Gasteiger partial charge in [-0.2, -0.15) is 4.31 Å². The number of non-ortho nitro benzene ring substituents is 1. The summed E-state index contributed by atoms with van der Waals surface area (Å²) in [5, 5.41) is 13.8. The highest BCUT2D eigenvalue weighted by atomic mass is 32.2. The van der Waals surface area contributed by atoms with Gasteiger partial charge in [0.2, 0.25) is 10.0 Å². The zero-order valence-corrected chi connectivity index (χ0v) is 20.4. The second kappa shape index (κ2) is 9.94. The number of hydrogen-bond acceptors (Lipinski definition) is 7. The molecule has 0 bridgehead atoms. The van der Waals surface area contributed by atoms with Crippen molar-refractivity contribution >= 4 is 48.3 Å². The van der Waals surface area contributed by atoms with Gasteiger partial charge in [0, 0.05) is 30.8 Å². The van der Waals surface area contributed by atoms with Crippen molar-refractivity contribution in [3.8, 4) is 0 Å². The molecule has 1 aromatic heterocycles. The van der Waals surface area contributed by atoms with Crippen molar-refractivity contribution in [1.82, 2.24) is 9.29 Å². The number of carbonyl (C=O) groups is 1. The molecule has 1 N–H and O–H groups in total. The summed E-state index contributed by atoms with van der Waals surface area (Å²) in [5.41, 5.74) is 0.492. The lowest BCUT2D eigenvalue weighted by atomic mass is 10.2. The van der Waals surface area contributed by atoms with Crippen LogP contribution >= 0.6 is 11.3 Å². The highest BCUT2D eigenvalue weighted by Crippen LogP contribution is 2.30. The van der Waals surface area contributed by atoms with Gasteiger partial charge in [-0.15, -0.1) is 0 Å². The predicted molar refractivity (Wildman–Crippen MR) is 129 cm³/mol. The van der Waals surface area contributed by atoms with Gasteiger partial charge in [0.15, 0.2) is 5.13 Å². The standard InChI is InChI=1S/C22H26N4O5S2/c1-14(2)12-25(13-15(3)4)33(30,31)18-8-9-19-20(11-18)32-22(23-19)24-21(27)16-6-5-7-17(10-16)26(28)29/h5-11,14-15H,12-13H2,1-4H3,(H,23,24,27). The molecule has 0 radical (unpaired) electrons. The van der Waals surface area contributed by atoms with Crippen LogP contribution in [0, 0.1) is 22.0 Å². The molecule has 1 heterocycles. The fraction of sp³-hybridized carbons (Fsp3) is 0.364. The second-order valence-electron chi connectivity index (χ2n) is 8.52. The quantitative estimate of drug-likeness (QED) is 0.341. The van der Waals surface area contributed by atoms with Gasteiger partial charge in [0.05, 0.1) is 20.0 Å². The lowest BCUT2D eigenvalue weighted by Gasteiger charge is -2.25. The normalized spacial score (nSPS) is 12.1. The zero-order valence-electron chi connectivity index (χ0n) is 18.8. The minimum atomic E-state index is -3.69. The fourth-order valence-electron chi connectivity index (χ4n) is 3.28. The van der Waals surface area contributed by atoms with Crippen LogP contribution in [-0.2, 0) is 10.0 Å². The number of rotatable bonds is 9. The molecule has 9 nitrogen and oxygen atoms in total. The number of nitrogens with zero attached hydrogens (tertiary/aromatic N) is 3. The number of benzene rings is 2. The van der Waals surface area contributed by atoms with Crippen LogP contribution in [0.4, 0.5) is 10.8 Å². The van der Waals surface area contributed by atoms with Gasteiger partial charge >= 0.3 is 0 Å². The Balaban J connectivity index is 1.87. The Morgan fingerprint density at radius 1 is 1.12 bits per heavy atom. The van der Waals surface area contributed by atoms with Crippen LogP contribution in [0.5, 0.6) is 0 Å². The molecule has 33 heavy (non-hydrogen) atoms. The third-order valence-corrected chi connectivity index (χ3v) is 7.44. The summed E-state index contributed by atoms with van der Waals surface area (Å²) in [4.78, 5) is 27.4. The first kappa shape index (κ1) is 24.7. The van der Waals surface area contributed by atoms with Crippen LogP contribution in [0.2, 0.25) is 0 Å². The van der Waals surface area contributed by atoms with E-state index < -0.39 is 20.9 Å². The summed E-state index contributed by atoms with van der Waals surface area (Å²) in [7, 11) is -3.69. The van der Waals surface area contributed by atoms with E-state index in [0.717, 1.165) is 11.3 Å². The van der Waals surface area contributed by atoms with Gasteiger partial charge in [-0.25, -0.2) is 13.4 Å². The minimum absolute atomic E-state index is 0.129. The first-order valence-electron chi connectivity index (χ1n) is 10.4. The van der Waals surface area contributed by atoms with E-state index in [4.69, 9.17) is 0 Å². The molecular weight excluding hydrogens is 464 g/mol. The van der Waals surface area contributed by atoms with E-state index in [1.165, 1.54) is 34.6 Å². The molecule has 0 saturated carbocycles. The number of nitro groups is 1. The van der Waals surface area contributed by atoms with Crippen molar-refractivity contribution in [3.63, 3.8) is 0 Å². The number of sulfonamides is 1. The summed E-state index contributed by atoms with van der Waals surface area (Å²) in [6.45, 7) is 8.76. The molecule has 11 heteroatoms. The second-order valence-corrected chi connectivity index (χ2v) is 11.5. The van der Waals surface area contributed by atoms with Crippen LogP contribution in [0.3, 0.4) is 0 Å². The third kappa shape index (κ3) is 5.92. The maximum atomic E-state index is 13.3. The number of hydrogen-bond donors (Lipinski definition) is 1. The molecule has 0 fully saturated rings. The monoisotopic (exact) mass is 490 g/mol. The highest BCUT2D eigenvalue weighted by Gasteiger charge is 2.26. The van der Waals surface area contributed by atoms with Gasteiger partial charge in [0.25, 0.3) is 11.6 Å². The van der Waals surface area contributed by atoms with Crippen LogP contribution < -0.4 is 5.32 Å². The fourth-order valence-corrected chi connectivity index (χ4v) is 6.05. The Morgan fingerprint density at radius 3 is 2.39 bits per heavy atom. The number of nitrogens with one attached hydrogen (secondary N) is 1. The van der Waals surface area contributed by atoms with E-state index in [0.29, 0.717) is 23.3 Å². The molecule has 0 atom stereocenters. The van der Waals surface area contributed by atoms with Crippen molar-refractivity contribution in [3.05, 3.63) is 58.1 Å². The highest BCUT2D eigenvalue weighted by molar-refractivity contribution is 7.89. The van der Waals surface area contributed by atoms with Crippen LogP contribution in [-0.4, -0.2) is 41.6 Å². The van der Waals surface area contributed by atoms with Gasteiger partial charge in [-0.3, -0.25) is 20.2 Å². The molecule has 2 aromatic carbocycles. The number of amides is 1. The Kier molecular flexibility index (Phi) is 7.45. The Bertz CT molecular complexity index is 1270. The topological polar surface area (TPSA) is 123 Å². The summed E-state index contributed by atoms with van der Waals surface area (Å²) in [6.07, 6.45) is 0. The number of fused-ring (bicyclic) bond motifs is 1. The number of carbonyl (C=O) groups excluding carboxylic acids is 1. The largest absolute Gasteiger partial charge is 0.298 e. The molecule has 0 spiro atoms. The van der Waals surface area contributed by atoms with Crippen molar-refractivity contribution in [2.75, 3.05) is 18.4 Å². The Labute approximate surface area is 196 Å². The van der Waals surface area contributed by atoms with E-state index in [1.807, 2.05) is 27.7 Å². The lowest BCUT2D eigenvalue weighted by molar-refractivity contribution is -0.384. The lowest BCUT2D eigenvalue weighted by Crippen LogP contribution is -2.37. The van der Waals surface area contributed by atoms with E-state index in [2.05, 4.69) is 10.3 Å². The zero-order chi connectivity index (χ0) is 24.3. The Morgan fingerprint density at radius 2 is 1.79 bits per heavy atom. The van der Waals surface area contributed by atoms with Crippen LogP contribution in [0.1, 0.15) is 38.1 Å². The average molecular weight is 491 g/mol. The molecule has 0 aliphatic heterocycles. The van der Waals surface area contributed by atoms with Crippen molar-refractivity contribution in [1.29, 1.82) is 0 Å². The number of anilines is 1. The SMILES string of the molecule is CC(C)CN(CC(C)C)S(=O)(=O)c1ccc2nc(NC(=O)c3cccc([N+](=O)[O-])c3)sc2c1. The molecule has 176 valence electrons. The van der Waals surface area contributed by atoms with E-state index >= 15 is 0 Å². The molecule has 0 unspecified atom stereocenters. The molecule has 0 aliphatic carbocycles. The maximum Gasteiger partial charge on any atom is 0.270 e. The predicted octanol–water partition coefficient (Wildman–Crippen LogP) is 4.76. The third-order valence-electron chi connectivity index (χ3n) is 4.67. The van der Waals surface area contributed by atoms with Crippen molar-refractivity contribution in [2.45, 2.75) is 32.6 Å². The molecule has 0 saturated heterocycles. The Hall–Kier alpha value is -2.89. The van der Waals surface area contributed by atoms with E-state index in [-0.39, 0.29) is 33.1 Å². The molecule has 3 rings (SSSR count). The molecule has 0 aliphatic rings. The number of aromatic nitrogens is 1. The smallest absolute Gasteiger partial charge is 0.270 e. The first-order valence-corrected chi connectivity index (χ1v) is 12.7. The van der Waals surface area contributed by atoms with Crippen molar-refractivity contribution in [2.24, 2.45) is 11.8 Å². The summed E-state index contributed by atoms with van der Waals surface area (Å²) in [5.74, 6) is -0.173. The summed E-state index contributed by atoms with van der Waals surface area (Å²) >= 11 is 1.14. The maximum absolute atomic E-state index is 13.3. The number of nitro benzene ring substituents is 1. The van der Waals surface area contributed by atoms with E-state index in [9.17, 15) is 23.3 Å². The summed E-state index contributed by atoms with van der Waals surface area (Å²) < 4.78 is 28.7. The van der Waals surface area contributed by atoms with Crippen LogP contribution in [0.25, 0.3) is 10.2 Å². The van der Waals surface area contributed by atoms with Gasteiger partial charge in [0.1, 0.15) is 0 Å². The first-order chi connectivity index (χ1) is 15.5. The van der Waals surface area contributed by atoms with Gasteiger partial charge < -0.3 is 0 Å². The van der Waals surface area contributed by atoms with Crippen LogP contribution in [0.15, 0.2) is 47.4 Å². The molecule has 3 aromatic rings. The summed E-state index contributed by atoms with van der Waals surface area (Å²) in [6, 6.07) is 10.1. The minimum Gasteiger partial charge on any atom is -0.298 e. The molecular formula is C22H26N4O5S2. The van der Waals surface area contributed by atoms with E-state index in [1.54, 1.807) is 12.1 Å². The van der Waals surface area contributed by atoms with Gasteiger partial charge in [-0.1, -0.05) is 45.1 Å². The average Bonchev–Trinajstić information content (AvgIpc) is 3.14. The van der Waals surface area contributed by atoms with Gasteiger partial charge in [-0.05, 0) is 36.1 Å². The number of thiazole rings is 1. The van der Waals surface area contributed by atoms with Crippen molar-refractivity contribution < 1.29 is 18.1 Å². The molecule has 1 amide bonds.